The van der Waals surface area contributed by atoms with Gasteiger partial charge in [-0.15, -0.1) is 0 Å². The van der Waals surface area contributed by atoms with Gasteiger partial charge in [0, 0.05) is 11.6 Å². The lowest BCUT2D eigenvalue weighted by Gasteiger charge is -2.19. The van der Waals surface area contributed by atoms with Crippen LogP contribution in [0.15, 0.2) is 18.2 Å². The lowest BCUT2D eigenvalue weighted by Crippen LogP contribution is -2.35. The summed E-state index contributed by atoms with van der Waals surface area (Å²) >= 11 is 0. The topological polar surface area (TPSA) is 75.3 Å². The third kappa shape index (κ3) is 3.47. The molecule has 0 aromatic heterocycles. The van der Waals surface area contributed by atoms with Crippen molar-refractivity contribution in [2.45, 2.75) is 18.5 Å². The molecular formula is C11H14F2N2O2. The Balaban J connectivity index is 2.93. The number of halogens is 2. The summed E-state index contributed by atoms with van der Waals surface area (Å²) in [5.41, 5.74) is 5.44. The standard InChI is InChI=1S/C11H14F2N2O2/c1-15-10(5-9(14)11(16)17)7-4-6(12)2-3-8(7)13/h2-4,9-10,15H,5,14H2,1H3,(H,16,17). The Hall–Kier alpha value is -1.53. The average molecular weight is 244 g/mol. The van der Waals surface area contributed by atoms with Crippen molar-refractivity contribution in [1.82, 2.24) is 5.32 Å². The number of aliphatic carboxylic acids is 1. The molecule has 17 heavy (non-hydrogen) atoms. The Morgan fingerprint density at radius 2 is 2.18 bits per heavy atom. The summed E-state index contributed by atoms with van der Waals surface area (Å²) in [6.07, 6.45) is -0.0216. The van der Waals surface area contributed by atoms with Crippen molar-refractivity contribution in [2.75, 3.05) is 7.05 Å². The molecule has 1 aromatic carbocycles. The van der Waals surface area contributed by atoms with Crippen LogP contribution in [0, 0.1) is 11.6 Å². The van der Waals surface area contributed by atoms with Gasteiger partial charge in [-0.3, -0.25) is 4.79 Å². The molecule has 0 aliphatic heterocycles. The van der Waals surface area contributed by atoms with Crippen molar-refractivity contribution in [3.63, 3.8) is 0 Å². The van der Waals surface area contributed by atoms with Crippen LogP contribution in [0.2, 0.25) is 0 Å². The SMILES string of the molecule is CNC(CC(N)C(=O)O)c1cc(F)ccc1F. The highest BCUT2D eigenvalue weighted by atomic mass is 19.1. The zero-order valence-corrected chi connectivity index (χ0v) is 9.28. The van der Waals surface area contributed by atoms with E-state index in [0.29, 0.717) is 0 Å². The predicted molar refractivity (Wildman–Crippen MR) is 58.4 cm³/mol. The van der Waals surface area contributed by atoms with E-state index < -0.39 is 29.7 Å². The van der Waals surface area contributed by atoms with Gasteiger partial charge in [0.2, 0.25) is 0 Å². The van der Waals surface area contributed by atoms with Gasteiger partial charge in [0.1, 0.15) is 17.7 Å². The van der Waals surface area contributed by atoms with Gasteiger partial charge in [0.25, 0.3) is 0 Å². The molecular weight excluding hydrogens is 230 g/mol. The van der Waals surface area contributed by atoms with E-state index in [4.69, 9.17) is 10.8 Å². The van der Waals surface area contributed by atoms with E-state index in [1.54, 1.807) is 0 Å². The smallest absolute Gasteiger partial charge is 0.320 e. The second-order valence-electron chi connectivity index (χ2n) is 3.69. The van der Waals surface area contributed by atoms with Crippen LogP contribution in [-0.4, -0.2) is 24.2 Å². The number of rotatable bonds is 5. The maximum atomic E-state index is 13.5. The van der Waals surface area contributed by atoms with Crippen molar-refractivity contribution >= 4 is 5.97 Å². The summed E-state index contributed by atoms with van der Waals surface area (Å²) < 4.78 is 26.5. The summed E-state index contributed by atoms with van der Waals surface area (Å²) in [6, 6.07) is 1.27. The molecule has 0 aliphatic rings. The van der Waals surface area contributed by atoms with E-state index in [1.807, 2.05) is 0 Å². The van der Waals surface area contributed by atoms with Gasteiger partial charge in [-0.25, -0.2) is 8.78 Å². The minimum Gasteiger partial charge on any atom is -0.480 e. The van der Waals surface area contributed by atoms with Crippen LogP contribution in [0.3, 0.4) is 0 Å². The third-order valence-electron chi connectivity index (χ3n) is 2.49. The van der Waals surface area contributed by atoms with Crippen LogP contribution in [0.25, 0.3) is 0 Å². The summed E-state index contributed by atoms with van der Waals surface area (Å²) in [4.78, 5) is 10.6. The highest BCUT2D eigenvalue weighted by Crippen LogP contribution is 2.21. The first kappa shape index (κ1) is 13.5. The van der Waals surface area contributed by atoms with Crippen LogP contribution >= 0.6 is 0 Å². The lowest BCUT2D eigenvalue weighted by molar-refractivity contribution is -0.138. The Labute approximate surface area is 97.4 Å². The van der Waals surface area contributed by atoms with Crippen LogP contribution in [-0.2, 0) is 4.79 Å². The van der Waals surface area contributed by atoms with Crippen LogP contribution in [0.1, 0.15) is 18.0 Å². The zero-order valence-electron chi connectivity index (χ0n) is 9.28. The third-order valence-corrected chi connectivity index (χ3v) is 2.49. The number of hydrogen-bond acceptors (Lipinski definition) is 3. The fraction of sp³-hybridized carbons (Fsp3) is 0.364. The van der Waals surface area contributed by atoms with E-state index >= 15 is 0 Å². The van der Waals surface area contributed by atoms with E-state index in [-0.39, 0.29) is 12.0 Å². The van der Waals surface area contributed by atoms with Crippen molar-refractivity contribution in [1.29, 1.82) is 0 Å². The van der Waals surface area contributed by atoms with Crippen LogP contribution in [0.5, 0.6) is 0 Å². The molecule has 0 aliphatic carbocycles. The van der Waals surface area contributed by atoms with Gasteiger partial charge in [-0.2, -0.15) is 0 Å². The van der Waals surface area contributed by atoms with Crippen LogP contribution < -0.4 is 11.1 Å². The van der Waals surface area contributed by atoms with Gasteiger partial charge in [0.15, 0.2) is 0 Å². The van der Waals surface area contributed by atoms with Gasteiger partial charge in [-0.05, 0) is 31.7 Å². The number of hydrogen-bond donors (Lipinski definition) is 3. The Morgan fingerprint density at radius 1 is 1.53 bits per heavy atom. The molecule has 6 heteroatoms. The summed E-state index contributed by atoms with van der Waals surface area (Å²) in [6.45, 7) is 0. The van der Waals surface area contributed by atoms with Gasteiger partial charge >= 0.3 is 5.97 Å². The Morgan fingerprint density at radius 3 is 2.71 bits per heavy atom. The summed E-state index contributed by atoms with van der Waals surface area (Å²) in [5.74, 6) is -2.35. The monoisotopic (exact) mass is 244 g/mol. The van der Waals surface area contributed by atoms with Crippen LogP contribution in [0.4, 0.5) is 8.78 Å². The molecule has 1 aromatic rings. The molecule has 0 saturated carbocycles. The molecule has 0 amide bonds. The molecule has 0 heterocycles. The first-order valence-corrected chi connectivity index (χ1v) is 5.06. The Bertz CT molecular complexity index is 412. The summed E-state index contributed by atoms with van der Waals surface area (Å²) in [5, 5.41) is 11.4. The molecule has 1 rings (SSSR count). The highest BCUT2D eigenvalue weighted by molar-refractivity contribution is 5.73. The van der Waals surface area contributed by atoms with Crippen molar-refractivity contribution in [3.8, 4) is 0 Å². The molecule has 0 saturated heterocycles. The van der Waals surface area contributed by atoms with E-state index in [1.165, 1.54) is 7.05 Å². The number of nitrogens with one attached hydrogen (secondary N) is 1. The Kier molecular flexibility index (Phi) is 4.53. The second-order valence-corrected chi connectivity index (χ2v) is 3.69. The molecule has 0 bridgehead atoms. The second kappa shape index (κ2) is 5.70. The molecule has 94 valence electrons. The molecule has 0 fully saturated rings. The number of carboxylic acids is 1. The first-order valence-electron chi connectivity index (χ1n) is 5.06. The molecule has 2 atom stereocenters. The molecule has 4 N–H and O–H groups in total. The quantitative estimate of drug-likeness (QED) is 0.723. The van der Waals surface area contributed by atoms with Crippen molar-refractivity contribution in [2.24, 2.45) is 5.73 Å². The maximum absolute atomic E-state index is 13.5. The minimum atomic E-state index is -1.18. The van der Waals surface area contributed by atoms with E-state index in [9.17, 15) is 13.6 Å². The fourth-order valence-corrected chi connectivity index (χ4v) is 1.54. The molecule has 4 nitrogen and oxygen atoms in total. The fourth-order valence-electron chi connectivity index (χ4n) is 1.54. The number of nitrogens with two attached hydrogens (primary N) is 1. The minimum absolute atomic E-state index is 0.0216. The average Bonchev–Trinajstić information content (AvgIpc) is 2.29. The number of carbonyl (C=O) groups is 1. The first-order chi connectivity index (χ1) is 7.95. The lowest BCUT2D eigenvalue weighted by atomic mass is 9.99. The molecule has 2 unspecified atom stereocenters. The van der Waals surface area contributed by atoms with E-state index in [0.717, 1.165) is 18.2 Å². The zero-order chi connectivity index (χ0) is 13.0. The van der Waals surface area contributed by atoms with Crippen molar-refractivity contribution < 1.29 is 18.7 Å². The summed E-state index contributed by atoms with van der Waals surface area (Å²) in [7, 11) is 1.53. The molecule has 0 spiro atoms. The number of carboxylic acid groups (broad SMARTS) is 1. The predicted octanol–water partition coefficient (Wildman–Crippen LogP) is 1.03. The largest absolute Gasteiger partial charge is 0.480 e. The van der Waals surface area contributed by atoms with Gasteiger partial charge in [0.05, 0.1) is 0 Å². The van der Waals surface area contributed by atoms with Gasteiger partial charge < -0.3 is 16.2 Å². The maximum Gasteiger partial charge on any atom is 0.320 e. The van der Waals surface area contributed by atoms with E-state index in [2.05, 4.69) is 5.32 Å². The molecule has 0 radical (unpaired) electrons. The number of benzene rings is 1. The van der Waals surface area contributed by atoms with Crippen molar-refractivity contribution in [3.05, 3.63) is 35.4 Å². The van der Waals surface area contributed by atoms with Gasteiger partial charge in [-0.1, -0.05) is 0 Å². The normalized spacial score (nSPS) is 14.4. The highest BCUT2D eigenvalue weighted by Gasteiger charge is 2.21.